The summed E-state index contributed by atoms with van der Waals surface area (Å²) in [5.74, 6) is 0. The van der Waals surface area contributed by atoms with Crippen LogP contribution in [0.5, 0.6) is 0 Å². The Morgan fingerprint density at radius 1 is 1.25 bits per heavy atom. The van der Waals surface area contributed by atoms with Gasteiger partial charge in [0.15, 0.2) is 0 Å². The molecule has 1 aromatic carbocycles. The highest BCUT2D eigenvalue weighted by atomic mass is 28.3. The Labute approximate surface area is 103 Å². The van der Waals surface area contributed by atoms with Crippen molar-refractivity contribution in [2.45, 2.75) is 13.8 Å². The van der Waals surface area contributed by atoms with E-state index in [4.69, 9.17) is 4.12 Å². The van der Waals surface area contributed by atoms with Crippen LogP contribution in [0.2, 0.25) is 0 Å². The Balaban J connectivity index is 2.45. The molecule has 5 heteroatoms. The first kappa shape index (κ1) is 13.4. The van der Waals surface area contributed by atoms with Crippen molar-refractivity contribution < 1.29 is 8.17 Å². The zero-order valence-electron chi connectivity index (χ0n) is 9.82. The molecule has 0 heterocycles. The largest absolute Gasteiger partial charge is 0.657 e. The maximum atomic E-state index is 5.35. The number of hydrogen-bond acceptors (Lipinski definition) is 2. The van der Waals surface area contributed by atoms with E-state index in [1.54, 1.807) is 0 Å². The van der Waals surface area contributed by atoms with Gasteiger partial charge in [0.25, 0.3) is 0 Å². The van der Waals surface area contributed by atoms with Crippen molar-refractivity contribution in [1.82, 2.24) is 0 Å². The smallest absolute Gasteiger partial charge is 0.494 e. The van der Waals surface area contributed by atoms with Crippen LogP contribution in [-0.4, -0.2) is 39.2 Å². The average molecular weight is 252 g/mol. The summed E-state index contributed by atoms with van der Waals surface area (Å²) >= 11 is 0. The van der Waals surface area contributed by atoms with Gasteiger partial charge in [-0.2, -0.15) is 0 Å². The fraction of sp³-hybridized carbons (Fsp3) is 0.455. The second kappa shape index (κ2) is 7.62. The van der Waals surface area contributed by atoms with Crippen molar-refractivity contribution in [1.29, 1.82) is 0 Å². The Morgan fingerprint density at radius 3 is 2.38 bits per heavy atom. The molecule has 1 N–H and O–H groups in total. The zero-order valence-corrected chi connectivity index (χ0v) is 11.8. The van der Waals surface area contributed by atoms with E-state index in [1.807, 2.05) is 18.2 Å². The SMILES string of the molecule is CC[O+](CC)[Si](CNc1ccccc1)O[Si]. The highest BCUT2D eigenvalue weighted by Crippen LogP contribution is 2.07. The zero-order chi connectivity index (χ0) is 11.8. The molecule has 0 unspecified atom stereocenters. The van der Waals surface area contributed by atoms with Crippen molar-refractivity contribution >= 4 is 25.5 Å². The molecule has 0 aliphatic heterocycles. The van der Waals surface area contributed by atoms with Gasteiger partial charge in [0.2, 0.25) is 10.5 Å². The van der Waals surface area contributed by atoms with Gasteiger partial charge in [-0.3, -0.25) is 0 Å². The monoisotopic (exact) mass is 252 g/mol. The fourth-order valence-electron chi connectivity index (χ4n) is 1.45. The van der Waals surface area contributed by atoms with E-state index in [-0.39, 0.29) is 0 Å². The van der Waals surface area contributed by atoms with E-state index in [2.05, 4.69) is 45.8 Å². The molecule has 0 aliphatic carbocycles. The molecule has 4 radical (unpaired) electrons. The first-order valence-electron chi connectivity index (χ1n) is 5.47. The van der Waals surface area contributed by atoms with Gasteiger partial charge < -0.3 is 13.5 Å². The summed E-state index contributed by atoms with van der Waals surface area (Å²) in [5, 5.41) is 3.37. The molecule has 16 heavy (non-hydrogen) atoms. The summed E-state index contributed by atoms with van der Waals surface area (Å²) in [6, 6.07) is 10.2. The molecule has 1 rings (SSSR count). The molecular formula is C11H18NO2Si2+. The predicted octanol–water partition coefficient (Wildman–Crippen LogP) is 1.82. The van der Waals surface area contributed by atoms with Crippen LogP contribution in [0, 0.1) is 0 Å². The van der Waals surface area contributed by atoms with Crippen LogP contribution < -0.4 is 5.32 Å². The lowest BCUT2D eigenvalue weighted by Crippen LogP contribution is -2.40. The molecule has 0 amide bonds. The number of nitrogens with one attached hydrogen (secondary N) is 1. The second-order valence-corrected chi connectivity index (χ2v) is 5.76. The lowest BCUT2D eigenvalue weighted by molar-refractivity contribution is 0.000383. The third-order valence-corrected chi connectivity index (χ3v) is 4.94. The second-order valence-electron chi connectivity index (χ2n) is 3.26. The molecule has 0 saturated carbocycles. The molecule has 0 spiro atoms. The van der Waals surface area contributed by atoms with Gasteiger partial charge in [-0.05, 0) is 12.1 Å². The molecule has 3 nitrogen and oxygen atoms in total. The number of rotatable bonds is 7. The quantitative estimate of drug-likeness (QED) is 0.591. The highest BCUT2D eigenvalue weighted by molar-refractivity contribution is 6.50. The maximum Gasteiger partial charge on any atom is 0.657 e. The summed E-state index contributed by atoms with van der Waals surface area (Å²) < 4.78 is 8.51. The van der Waals surface area contributed by atoms with Crippen LogP contribution in [0.4, 0.5) is 5.69 Å². The van der Waals surface area contributed by atoms with Gasteiger partial charge in [-0.1, -0.05) is 18.2 Å². The third kappa shape index (κ3) is 4.09. The van der Waals surface area contributed by atoms with Crippen LogP contribution in [0.25, 0.3) is 0 Å². The summed E-state index contributed by atoms with van der Waals surface area (Å²) in [7, 11) is 2.09. The number of benzene rings is 1. The molecule has 0 aromatic heterocycles. The molecule has 0 fully saturated rings. The summed E-state index contributed by atoms with van der Waals surface area (Å²) in [6.07, 6.45) is 0.824. The van der Waals surface area contributed by atoms with E-state index >= 15 is 0 Å². The van der Waals surface area contributed by atoms with Gasteiger partial charge in [-0.25, -0.2) is 0 Å². The van der Waals surface area contributed by atoms with E-state index in [9.17, 15) is 0 Å². The summed E-state index contributed by atoms with van der Waals surface area (Å²) in [4.78, 5) is 0. The van der Waals surface area contributed by atoms with Gasteiger partial charge in [0, 0.05) is 19.5 Å². The first-order valence-corrected chi connectivity index (χ1v) is 7.40. The predicted molar refractivity (Wildman–Crippen MR) is 69.7 cm³/mol. The summed E-state index contributed by atoms with van der Waals surface area (Å²) in [5.41, 5.74) is 1.13. The lowest BCUT2D eigenvalue weighted by Gasteiger charge is -2.22. The van der Waals surface area contributed by atoms with Gasteiger partial charge in [-0.15, -0.1) is 0 Å². The van der Waals surface area contributed by atoms with Crippen LogP contribution in [0.3, 0.4) is 0 Å². The number of anilines is 1. The molecular weight excluding hydrogens is 234 g/mol. The third-order valence-electron chi connectivity index (χ3n) is 2.34. The fourth-order valence-corrected chi connectivity index (χ4v) is 3.41. The van der Waals surface area contributed by atoms with Crippen molar-refractivity contribution in [2.75, 3.05) is 24.7 Å². The molecule has 1 aromatic rings. The number of para-hydroxylation sites is 1. The maximum absolute atomic E-state index is 5.35. The standard InChI is InChI=1S/C11H18NO2Si2/c1-3-14(4-2)16(13-15)10-12-11-8-6-5-7-9-11/h5-9,12H,3-4,10H2,1-2H3/q+1. The molecule has 0 aliphatic rings. The number of hydrogen-bond donors (Lipinski definition) is 1. The van der Waals surface area contributed by atoms with Crippen LogP contribution in [0.1, 0.15) is 13.8 Å². The minimum absolute atomic E-state index is 0.824. The van der Waals surface area contributed by atoms with Gasteiger partial charge in [0.05, 0.1) is 0 Å². The molecule has 86 valence electrons. The van der Waals surface area contributed by atoms with Crippen molar-refractivity contribution in [3.63, 3.8) is 0 Å². The van der Waals surface area contributed by atoms with E-state index < -0.39 is 9.28 Å². The van der Waals surface area contributed by atoms with Gasteiger partial charge >= 0.3 is 9.28 Å². The van der Waals surface area contributed by atoms with Crippen LogP contribution >= 0.6 is 0 Å². The average Bonchev–Trinajstić information content (AvgIpc) is 2.35. The van der Waals surface area contributed by atoms with Crippen molar-refractivity contribution in [2.24, 2.45) is 0 Å². The lowest BCUT2D eigenvalue weighted by atomic mass is 10.3. The van der Waals surface area contributed by atoms with Crippen molar-refractivity contribution in [3.8, 4) is 0 Å². The Morgan fingerprint density at radius 2 is 1.88 bits per heavy atom. The minimum Gasteiger partial charge on any atom is -0.494 e. The Hall–Kier alpha value is -0.626. The molecule has 0 atom stereocenters. The van der Waals surface area contributed by atoms with Gasteiger partial charge in [0.1, 0.15) is 19.4 Å². The summed E-state index contributed by atoms with van der Waals surface area (Å²) in [6.45, 7) is 6.11. The minimum atomic E-state index is -1.07. The molecule has 0 saturated heterocycles. The van der Waals surface area contributed by atoms with E-state index in [1.165, 1.54) is 0 Å². The van der Waals surface area contributed by atoms with Crippen LogP contribution in [0.15, 0.2) is 30.3 Å². The van der Waals surface area contributed by atoms with Crippen molar-refractivity contribution in [3.05, 3.63) is 30.3 Å². The molecule has 0 bridgehead atoms. The Bertz CT molecular complexity index is 281. The highest BCUT2D eigenvalue weighted by Gasteiger charge is 2.31. The Kier molecular flexibility index (Phi) is 6.40. The van der Waals surface area contributed by atoms with E-state index in [0.29, 0.717) is 0 Å². The topological polar surface area (TPSA) is 24.0 Å². The normalized spacial score (nSPS) is 11.1. The van der Waals surface area contributed by atoms with Crippen LogP contribution in [-0.2, 0) is 8.17 Å². The first-order chi connectivity index (χ1) is 7.81. The van der Waals surface area contributed by atoms with E-state index in [0.717, 1.165) is 25.1 Å².